The zero-order valence-corrected chi connectivity index (χ0v) is 13.8. The van der Waals surface area contributed by atoms with Crippen LogP contribution in [0.15, 0.2) is 47.3 Å². The molecule has 1 aliphatic rings. The maximum atomic E-state index is 12.0. The molecule has 0 amide bonds. The lowest BCUT2D eigenvalue weighted by molar-refractivity contribution is 0.177. The second kappa shape index (κ2) is 5.88. The van der Waals surface area contributed by atoms with Gasteiger partial charge in [-0.1, -0.05) is 30.3 Å². The predicted molar refractivity (Wildman–Crippen MR) is 87.1 cm³/mol. The first kappa shape index (κ1) is 15.9. The van der Waals surface area contributed by atoms with Crippen molar-refractivity contribution < 1.29 is 8.42 Å². The third-order valence-corrected chi connectivity index (χ3v) is 5.73. The Bertz CT molecular complexity index is 856. The summed E-state index contributed by atoms with van der Waals surface area (Å²) in [5.41, 5.74) is 1.38. The Kier molecular flexibility index (Phi) is 4.05. The van der Waals surface area contributed by atoms with Crippen molar-refractivity contribution in [3.8, 4) is 11.3 Å². The van der Waals surface area contributed by atoms with E-state index in [-0.39, 0.29) is 24.7 Å². The van der Waals surface area contributed by atoms with Crippen LogP contribution in [0, 0.1) is 0 Å². The summed E-state index contributed by atoms with van der Waals surface area (Å²) in [7, 11) is -0.454. The zero-order chi connectivity index (χ0) is 16.6. The first-order chi connectivity index (χ1) is 10.9. The number of benzene rings is 1. The number of hydrogen-bond acceptors (Lipinski definition) is 4. The molecule has 23 heavy (non-hydrogen) atoms. The van der Waals surface area contributed by atoms with E-state index in [9.17, 15) is 13.2 Å². The van der Waals surface area contributed by atoms with Gasteiger partial charge in [-0.2, -0.15) is 22.1 Å². The lowest BCUT2D eigenvalue weighted by Crippen LogP contribution is -2.56. The smallest absolute Gasteiger partial charge is 0.268 e. The Balaban J connectivity index is 1.84. The summed E-state index contributed by atoms with van der Waals surface area (Å²) in [6, 6.07) is 12.5. The van der Waals surface area contributed by atoms with Gasteiger partial charge in [-0.3, -0.25) is 4.79 Å². The summed E-state index contributed by atoms with van der Waals surface area (Å²) in [6.45, 7) is 0.511. The van der Waals surface area contributed by atoms with Crippen LogP contribution in [0.4, 0.5) is 0 Å². The minimum atomic E-state index is -3.43. The van der Waals surface area contributed by atoms with E-state index in [0.717, 1.165) is 5.56 Å². The lowest BCUT2D eigenvalue weighted by Gasteiger charge is -2.39. The van der Waals surface area contributed by atoms with Crippen LogP contribution in [0.1, 0.15) is 6.04 Å². The van der Waals surface area contributed by atoms with Crippen molar-refractivity contribution in [3.63, 3.8) is 0 Å². The van der Waals surface area contributed by atoms with Gasteiger partial charge in [0.05, 0.1) is 11.7 Å². The Morgan fingerprint density at radius 3 is 2.35 bits per heavy atom. The molecule has 8 heteroatoms. The highest BCUT2D eigenvalue weighted by molar-refractivity contribution is 7.86. The molecule has 0 unspecified atom stereocenters. The van der Waals surface area contributed by atoms with Crippen LogP contribution in [0.25, 0.3) is 11.3 Å². The van der Waals surface area contributed by atoms with Gasteiger partial charge < -0.3 is 0 Å². The second-order valence-electron chi connectivity index (χ2n) is 5.63. The summed E-state index contributed by atoms with van der Waals surface area (Å²) in [4.78, 5) is 12.0. The highest BCUT2D eigenvalue weighted by atomic mass is 32.2. The van der Waals surface area contributed by atoms with Gasteiger partial charge in [0.1, 0.15) is 0 Å². The molecule has 1 aromatic carbocycles. The van der Waals surface area contributed by atoms with Gasteiger partial charge in [0, 0.05) is 38.8 Å². The van der Waals surface area contributed by atoms with Crippen molar-refractivity contribution in [2.75, 3.05) is 27.2 Å². The van der Waals surface area contributed by atoms with Gasteiger partial charge in [-0.15, -0.1) is 0 Å². The van der Waals surface area contributed by atoms with Crippen LogP contribution >= 0.6 is 0 Å². The molecular weight excluding hydrogens is 316 g/mol. The van der Waals surface area contributed by atoms with Crippen molar-refractivity contribution in [3.05, 3.63) is 52.8 Å². The van der Waals surface area contributed by atoms with Crippen molar-refractivity contribution in [1.29, 1.82) is 0 Å². The molecule has 1 aliphatic heterocycles. The molecule has 1 saturated heterocycles. The fourth-order valence-corrected chi connectivity index (χ4v) is 3.62. The molecule has 122 valence electrons. The summed E-state index contributed by atoms with van der Waals surface area (Å²) in [5.74, 6) is 0. The molecule has 2 aromatic rings. The molecule has 0 bridgehead atoms. The van der Waals surface area contributed by atoms with Crippen molar-refractivity contribution in [1.82, 2.24) is 18.4 Å². The van der Waals surface area contributed by atoms with Gasteiger partial charge in [0.2, 0.25) is 0 Å². The lowest BCUT2D eigenvalue weighted by atomic mass is 10.1. The zero-order valence-electron chi connectivity index (χ0n) is 13.0. The summed E-state index contributed by atoms with van der Waals surface area (Å²) in [6.07, 6.45) is 0. The van der Waals surface area contributed by atoms with E-state index in [2.05, 4.69) is 5.10 Å². The van der Waals surface area contributed by atoms with Gasteiger partial charge in [-0.05, 0) is 6.07 Å². The molecule has 7 nitrogen and oxygen atoms in total. The number of nitrogens with zero attached hydrogens (tertiary/aromatic N) is 4. The molecule has 0 saturated carbocycles. The van der Waals surface area contributed by atoms with E-state index in [4.69, 9.17) is 0 Å². The second-order valence-corrected chi connectivity index (χ2v) is 7.77. The number of rotatable bonds is 4. The maximum Gasteiger partial charge on any atom is 0.281 e. The molecule has 3 rings (SSSR count). The van der Waals surface area contributed by atoms with E-state index in [1.807, 2.05) is 30.3 Å². The molecule has 1 aromatic heterocycles. The highest BCUT2D eigenvalue weighted by Gasteiger charge is 2.39. The fraction of sp³-hybridized carbons (Fsp3) is 0.333. The topological polar surface area (TPSA) is 75.5 Å². The minimum Gasteiger partial charge on any atom is -0.268 e. The normalized spacial score (nSPS) is 16.5. The summed E-state index contributed by atoms with van der Waals surface area (Å²) < 4.78 is 27.9. The molecular formula is C15H18N4O3S. The van der Waals surface area contributed by atoms with Crippen molar-refractivity contribution in [2.45, 2.75) is 6.04 Å². The van der Waals surface area contributed by atoms with E-state index in [1.54, 1.807) is 6.07 Å². The number of aromatic nitrogens is 2. The van der Waals surface area contributed by atoms with Crippen LogP contribution in [0.3, 0.4) is 0 Å². The monoisotopic (exact) mass is 334 g/mol. The van der Waals surface area contributed by atoms with E-state index >= 15 is 0 Å². The van der Waals surface area contributed by atoms with Gasteiger partial charge >= 0.3 is 0 Å². The third kappa shape index (κ3) is 2.92. The molecule has 0 atom stereocenters. The minimum absolute atomic E-state index is 0.225. The van der Waals surface area contributed by atoms with Crippen LogP contribution in [-0.2, 0) is 10.2 Å². The first-order valence-corrected chi connectivity index (χ1v) is 8.62. The average molecular weight is 334 g/mol. The molecule has 2 heterocycles. The van der Waals surface area contributed by atoms with Crippen LogP contribution in [0.5, 0.6) is 0 Å². The quantitative estimate of drug-likeness (QED) is 0.819. The van der Waals surface area contributed by atoms with E-state index in [1.165, 1.54) is 33.5 Å². The Labute approximate surface area is 135 Å². The maximum absolute atomic E-state index is 12.0. The highest BCUT2D eigenvalue weighted by Crippen LogP contribution is 2.24. The fourth-order valence-electron chi connectivity index (χ4n) is 2.44. The Morgan fingerprint density at radius 1 is 1.09 bits per heavy atom. The average Bonchev–Trinajstić information content (AvgIpc) is 2.48. The molecule has 0 N–H and O–H groups in total. The van der Waals surface area contributed by atoms with E-state index < -0.39 is 10.2 Å². The van der Waals surface area contributed by atoms with Crippen LogP contribution in [-0.4, -0.2) is 54.0 Å². The standard InChI is InChI=1S/C15H18N4O3S/c1-17(2)23(21,22)18-10-13(11-18)19-15(20)9-8-14(16-19)12-6-4-3-5-7-12/h3-9,13H,10-11H2,1-2H3. The summed E-state index contributed by atoms with van der Waals surface area (Å²) >= 11 is 0. The Morgan fingerprint density at radius 2 is 1.74 bits per heavy atom. The Hall–Kier alpha value is -2.03. The van der Waals surface area contributed by atoms with Gasteiger partial charge in [-0.25, -0.2) is 4.68 Å². The van der Waals surface area contributed by atoms with E-state index in [0.29, 0.717) is 5.69 Å². The van der Waals surface area contributed by atoms with Crippen LogP contribution in [0.2, 0.25) is 0 Å². The van der Waals surface area contributed by atoms with Crippen molar-refractivity contribution in [2.24, 2.45) is 0 Å². The first-order valence-electron chi connectivity index (χ1n) is 7.22. The third-order valence-electron chi connectivity index (χ3n) is 3.86. The molecule has 1 fully saturated rings. The van der Waals surface area contributed by atoms with Crippen LogP contribution < -0.4 is 5.56 Å². The molecule has 0 spiro atoms. The predicted octanol–water partition coefficient (Wildman–Crippen LogP) is 0.573. The number of hydrogen-bond donors (Lipinski definition) is 0. The SMILES string of the molecule is CN(C)S(=O)(=O)N1CC(n2nc(-c3ccccc3)ccc2=O)C1. The van der Waals surface area contributed by atoms with Gasteiger partial charge in [0.25, 0.3) is 15.8 Å². The molecule has 0 aliphatic carbocycles. The van der Waals surface area contributed by atoms with Crippen molar-refractivity contribution >= 4 is 10.2 Å². The van der Waals surface area contributed by atoms with Gasteiger partial charge in [0.15, 0.2) is 0 Å². The largest absolute Gasteiger partial charge is 0.281 e. The summed E-state index contributed by atoms with van der Waals surface area (Å²) in [5, 5.41) is 4.39. The molecule has 0 radical (unpaired) electrons.